The molecule has 0 aromatic carbocycles. The third-order valence-electron chi connectivity index (χ3n) is 1.53. The van der Waals surface area contributed by atoms with Crippen LogP contribution in [0.25, 0.3) is 0 Å². The number of hydrogen-bond acceptors (Lipinski definition) is 0. The highest BCUT2D eigenvalue weighted by atomic mass is 127. The second-order valence-electron chi connectivity index (χ2n) is 2.23. The van der Waals surface area contributed by atoms with E-state index in [1.54, 1.807) is 6.08 Å². The normalized spacial score (nSPS) is 8.17. The van der Waals surface area contributed by atoms with Crippen molar-refractivity contribution in [1.82, 2.24) is 5.32 Å². The van der Waals surface area contributed by atoms with Crippen molar-refractivity contribution in [2.45, 2.75) is 13.8 Å². The summed E-state index contributed by atoms with van der Waals surface area (Å²) in [6.45, 7) is 10.3. The van der Waals surface area contributed by atoms with Crippen molar-refractivity contribution in [3.8, 4) is 0 Å². The first-order valence-electron chi connectivity index (χ1n) is 3.98. The molecule has 4 heteroatoms. The summed E-state index contributed by atoms with van der Waals surface area (Å²) in [7, 11) is 0. The summed E-state index contributed by atoms with van der Waals surface area (Å²) in [4.78, 5) is 0. The van der Waals surface area contributed by atoms with E-state index in [1.165, 1.54) is 0 Å². The lowest BCUT2D eigenvalue weighted by Gasteiger charge is -2.04. The molecule has 0 aromatic heterocycles. The van der Waals surface area contributed by atoms with Crippen LogP contribution in [0.15, 0.2) is 12.7 Å². The zero-order chi connectivity index (χ0) is 8.69. The molecule has 0 aromatic rings. The predicted octanol–water partition coefficient (Wildman–Crippen LogP) is -2.87. The maximum atomic E-state index is 5.71. The maximum Gasteiger partial charge on any atom is 0.343 e. The number of guanidine groups is 1. The molecule has 0 spiro atoms. The molecule has 0 rings (SSSR count). The largest absolute Gasteiger partial charge is 1.00 e. The van der Waals surface area contributed by atoms with Gasteiger partial charge in [-0.25, -0.2) is 0 Å². The molecule has 0 unspecified atom stereocenters. The molecule has 3 nitrogen and oxygen atoms in total. The second kappa shape index (κ2) is 8.83. The van der Waals surface area contributed by atoms with Gasteiger partial charge in [0.1, 0.15) is 0 Å². The van der Waals surface area contributed by atoms with E-state index >= 15 is 0 Å². The average molecular weight is 283 g/mol. The van der Waals surface area contributed by atoms with Crippen LogP contribution >= 0.6 is 0 Å². The van der Waals surface area contributed by atoms with Gasteiger partial charge in [-0.3, -0.25) is 15.6 Å². The molecule has 0 amide bonds. The highest BCUT2D eigenvalue weighted by Gasteiger charge is 2.00. The molecule has 72 valence electrons. The van der Waals surface area contributed by atoms with Gasteiger partial charge in [0.05, 0.1) is 19.6 Å². The van der Waals surface area contributed by atoms with E-state index in [4.69, 9.17) is 5.73 Å². The van der Waals surface area contributed by atoms with Crippen molar-refractivity contribution in [2.24, 2.45) is 5.73 Å². The quantitative estimate of drug-likeness (QED) is 0.191. The minimum atomic E-state index is 0. The molecule has 12 heavy (non-hydrogen) atoms. The Bertz CT molecular complexity index is 148. The van der Waals surface area contributed by atoms with Crippen molar-refractivity contribution in [3.05, 3.63) is 12.7 Å². The number of hydrogen-bond donors (Lipinski definition) is 2. The first-order chi connectivity index (χ1) is 5.26. The van der Waals surface area contributed by atoms with Gasteiger partial charge in [0.2, 0.25) is 0 Å². The van der Waals surface area contributed by atoms with Gasteiger partial charge in [-0.2, -0.15) is 0 Å². The van der Waals surface area contributed by atoms with Crippen LogP contribution in [0.2, 0.25) is 0 Å². The summed E-state index contributed by atoms with van der Waals surface area (Å²) in [5, 5.41) is 3.04. The van der Waals surface area contributed by atoms with Gasteiger partial charge in [-0.15, -0.1) is 0 Å². The Hall–Kier alpha value is -0.260. The van der Waals surface area contributed by atoms with E-state index in [0.29, 0.717) is 0 Å². The van der Waals surface area contributed by atoms with Gasteiger partial charge in [0.15, 0.2) is 0 Å². The van der Waals surface area contributed by atoms with E-state index < -0.39 is 0 Å². The van der Waals surface area contributed by atoms with Crippen molar-refractivity contribution < 1.29 is 28.6 Å². The monoisotopic (exact) mass is 283 g/mol. The van der Waals surface area contributed by atoms with E-state index in [0.717, 1.165) is 25.6 Å². The maximum absolute atomic E-state index is 5.71. The van der Waals surface area contributed by atoms with E-state index in [1.807, 2.05) is 0 Å². The van der Waals surface area contributed by atoms with Crippen LogP contribution < -0.4 is 35.0 Å². The Balaban J connectivity index is 0. The highest BCUT2D eigenvalue weighted by molar-refractivity contribution is 5.72. The lowest BCUT2D eigenvalue weighted by molar-refractivity contribution is -0.523. The topological polar surface area (TPSA) is 41.1 Å². The Morgan fingerprint density at radius 3 is 2.33 bits per heavy atom. The zero-order valence-electron chi connectivity index (χ0n) is 7.81. The van der Waals surface area contributed by atoms with Crippen molar-refractivity contribution in [3.63, 3.8) is 0 Å². The van der Waals surface area contributed by atoms with E-state index in [2.05, 4.69) is 30.3 Å². The second-order valence-corrected chi connectivity index (χ2v) is 2.23. The Kier molecular flexibility index (Phi) is 10.5. The van der Waals surface area contributed by atoms with E-state index in [9.17, 15) is 0 Å². The molecule has 0 atom stereocenters. The van der Waals surface area contributed by atoms with Crippen LogP contribution in [-0.2, 0) is 0 Å². The van der Waals surface area contributed by atoms with Gasteiger partial charge < -0.3 is 24.0 Å². The highest BCUT2D eigenvalue weighted by Crippen LogP contribution is 1.73. The molecule has 0 aliphatic rings. The number of nitrogens with zero attached hydrogens (tertiary/aromatic N) is 1. The van der Waals surface area contributed by atoms with Gasteiger partial charge in [-0.1, -0.05) is 12.7 Å². The molecule has 0 heterocycles. The minimum Gasteiger partial charge on any atom is -1.00 e. The summed E-state index contributed by atoms with van der Waals surface area (Å²) in [5.74, 6) is 0.731. The average Bonchev–Trinajstić information content (AvgIpc) is 2.03. The number of rotatable bonds is 4. The van der Waals surface area contributed by atoms with Crippen molar-refractivity contribution in [2.75, 3.05) is 19.6 Å². The molecule has 0 aliphatic heterocycles. The summed E-state index contributed by atoms with van der Waals surface area (Å²) in [6.07, 6.45) is 1.79. The van der Waals surface area contributed by atoms with Crippen LogP contribution in [0, 0.1) is 0 Å². The number of halogens is 1. The molecule has 0 radical (unpaired) electrons. The van der Waals surface area contributed by atoms with Crippen LogP contribution in [0.1, 0.15) is 13.8 Å². The van der Waals surface area contributed by atoms with Crippen LogP contribution in [-0.4, -0.2) is 30.2 Å². The van der Waals surface area contributed by atoms with Crippen molar-refractivity contribution >= 4 is 5.96 Å². The zero-order valence-corrected chi connectivity index (χ0v) is 9.97. The first-order valence-corrected chi connectivity index (χ1v) is 3.98. The third-order valence-corrected chi connectivity index (χ3v) is 1.53. The van der Waals surface area contributed by atoms with Gasteiger partial charge in [0.25, 0.3) is 0 Å². The van der Waals surface area contributed by atoms with Crippen molar-refractivity contribution in [1.29, 1.82) is 0 Å². The number of nitrogens with two attached hydrogens (primary N) is 1. The fourth-order valence-corrected chi connectivity index (χ4v) is 0.853. The Morgan fingerprint density at radius 2 is 2.00 bits per heavy atom. The van der Waals surface area contributed by atoms with Gasteiger partial charge in [-0.05, 0) is 13.8 Å². The molecule has 3 N–H and O–H groups in total. The summed E-state index contributed by atoms with van der Waals surface area (Å²) in [6, 6.07) is 0. The fraction of sp³-hybridized carbons (Fsp3) is 0.625. The van der Waals surface area contributed by atoms with Crippen LogP contribution in [0.4, 0.5) is 0 Å². The summed E-state index contributed by atoms with van der Waals surface area (Å²) >= 11 is 0. The standard InChI is InChI=1S/C8H17N3.HI/c1-4-7-10-8(9)11(5-2)6-3;/h4H,1,5-7H2,2-3H3,(H2,9,10);1H. The predicted molar refractivity (Wildman–Crippen MR) is 48.7 cm³/mol. The lowest BCUT2D eigenvalue weighted by atomic mass is 10.6. The van der Waals surface area contributed by atoms with Gasteiger partial charge >= 0.3 is 5.96 Å². The third kappa shape index (κ3) is 5.40. The number of nitrogens with one attached hydrogen (secondary N) is 1. The molecule has 0 fully saturated rings. The van der Waals surface area contributed by atoms with Crippen LogP contribution in [0.5, 0.6) is 0 Å². The molecular formula is C8H18IN3. The lowest BCUT2D eigenvalue weighted by Crippen LogP contribution is -3.00. The smallest absolute Gasteiger partial charge is 0.343 e. The Labute approximate surface area is 91.7 Å². The summed E-state index contributed by atoms with van der Waals surface area (Å²) < 4.78 is 2.06. The Morgan fingerprint density at radius 1 is 1.50 bits per heavy atom. The minimum absolute atomic E-state index is 0. The van der Waals surface area contributed by atoms with Crippen LogP contribution in [0.3, 0.4) is 0 Å². The molecule has 0 bridgehead atoms. The SMILES string of the molecule is C=CCNC(N)=[N+](CC)CC.[I-]. The van der Waals surface area contributed by atoms with E-state index in [-0.39, 0.29) is 24.0 Å². The molecular weight excluding hydrogens is 265 g/mol. The first kappa shape index (κ1) is 14.3. The fourth-order valence-electron chi connectivity index (χ4n) is 0.853. The van der Waals surface area contributed by atoms with Gasteiger partial charge in [0, 0.05) is 0 Å². The molecule has 0 saturated carbocycles. The summed E-state index contributed by atoms with van der Waals surface area (Å²) in [5.41, 5.74) is 5.71. The molecule has 0 aliphatic carbocycles. The molecule has 0 saturated heterocycles.